The van der Waals surface area contributed by atoms with Gasteiger partial charge in [-0.1, -0.05) is 0 Å². The van der Waals surface area contributed by atoms with Gasteiger partial charge in [0.25, 0.3) is 5.91 Å². The Hall–Kier alpha value is -2.25. The standard InChI is InChI=1S/C15H18F3NO4/c1-10(2)19(8-14(21)22-3)13(20)9-23-12-6-4-11(5-7-12)15(16,17)18/h4-7,10H,8-9H2,1-3H3. The molecule has 1 aromatic rings. The van der Waals surface area contributed by atoms with Gasteiger partial charge in [-0.15, -0.1) is 0 Å². The summed E-state index contributed by atoms with van der Waals surface area (Å²) < 4.78 is 47.0. The first-order valence-corrected chi connectivity index (χ1v) is 6.81. The van der Waals surface area contributed by atoms with Crippen molar-refractivity contribution in [2.24, 2.45) is 0 Å². The van der Waals surface area contributed by atoms with Crippen LogP contribution in [0, 0.1) is 0 Å². The molecule has 8 heteroatoms. The maximum absolute atomic E-state index is 12.4. The predicted octanol–water partition coefficient (Wildman–Crippen LogP) is 2.49. The van der Waals surface area contributed by atoms with Crippen LogP contribution in [0.15, 0.2) is 24.3 Å². The van der Waals surface area contributed by atoms with Crippen LogP contribution in [-0.4, -0.2) is 43.1 Å². The Morgan fingerprint density at radius 3 is 2.17 bits per heavy atom. The second-order valence-corrected chi connectivity index (χ2v) is 5.00. The number of hydrogen-bond donors (Lipinski definition) is 0. The predicted molar refractivity (Wildman–Crippen MR) is 75.8 cm³/mol. The molecule has 1 amide bonds. The van der Waals surface area contributed by atoms with E-state index in [0.29, 0.717) is 0 Å². The first-order valence-electron chi connectivity index (χ1n) is 6.81. The summed E-state index contributed by atoms with van der Waals surface area (Å²) in [5.74, 6) is -0.903. The number of benzene rings is 1. The molecule has 0 heterocycles. The summed E-state index contributed by atoms with van der Waals surface area (Å²) in [5, 5.41) is 0. The number of alkyl halides is 3. The lowest BCUT2D eigenvalue weighted by Gasteiger charge is -2.25. The van der Waals surface area contributed by atoms with Gasteiger partial charge in [0.15, 0.2) is 6.61 Å². The van der Waals surface area contributed by atoms with Crippen molar-refractivity contribution in [2.45, 2.75) is 26.1 Å². The fourth-order valence-electron chi connectivity index (χ4n) is 1.73. The number of carbonyl (C=O) groups excluding carboxylic acids is 2. The van der Waals surface area contributed by atoms with Crippen LogP contribution >= 0.6 is 0 Å². The zero-order valence-corrected chi connectivity index (χ0v) is 13.0. The summed E-state index contributed by atoms with van der Waals surface area (Å²) in [6, 6.07) is 3.76. The molecule has 0 bridgehead atoms. The number of hydrogen-bond acceptors (Lipinski definition) is 4. The first-order chi connectivity index (χ1) is 10.6. The van der Waals surface area contributed by atoms with Gasteiger partial charge in [-0.05, 0) is 38.1 Å². The molecule has 1 rings (SSSR count). The second kappa shape index (κ2) is 7.85. The average molecular weight is 333 g/mol. The number of ether oxygens (including phenoxy) is 2. The smallest absolute Gasteiger partial charge is 0.416 e. The lowest BCUT2D eigenvalue weighted by atomic mass is 10.2. The monoisotopic (exact) mass is 333 g/mol. The SMILES string of the molecule is COC(=O)CN(C(=O)COc1ccc(C(F)(F)F)cc1)C(C)C. The Kier molecular flexibility index (Phi) is 6.41. The van der Waals surface area contributed by atoms with E-state index in [-0.39, 0.29) is 24.9 Å². The van der Waals surface area contributed by atoms with Gasteiger partial charge in [-0.3, -0.25) is 9.59 Å². The van der Waals surface area contributed by atoms with Gasteiger partial charge < -0.3 is 14.4 Å². The van der Waals surface area contributed by atoms with Gasteiger partial charge in [-0.2, -0.15) is 13.2 Å². The lowest BCUT2D eigenvalue weighted by Crippen LogP contribution is -2.43. The van der Waals surface area contributed by atoms with E-state index in [4.69, 9.17) is 4.74 Å². The fraction of sp³-hybridized carbons (Fsp3) is 0.467. The summed E-state index contributed by atoms with van der Waals surface area (Å²) in [7, 11) is 1.21. The number of esters is 1. The van der Waals surface area contributed by atoms with E-state index < -0.39 is 23.6 Å². The number of amides is 1. The van der Waals surface area contributed by atoms with E-state index in [9.17, 15) is 22.8 Å². The van der Waals surface area contributed by atoms with E-state index in [1.54, 1.807) is 13.8 Å². The Bertz CT molecular complexity index is 541. The van der Waals surface area contributed by atoms with Gasteiger partial charge in [-0.25, -0.2) is 0 Å². The zero-order valence-electron chi connectivity index (χ0n) is 13.0. The molecule has 5 nitrogen and oxygen atoms in total. The molecule has 0 aliphatic heterocycles. The topological polar surface area (TPSA) is 55.8 Å². The van der Waals surface area contributed by atoms with Crippen molar-refractivity contribution >= 4 is 11.9 Å². The van der Waals surface area contributed by atoms with Crippen molar-refractivity contribution in [1.82, 2.24) is 4.90 Å². The molecule has 0 radical (unpaired) electrons. The third-order valence-electron chi connectivity index (χ3n) is 3.01. The Morgan fingerprint density at radius 2 is 1.74 bits per heavy atom. The third-order valence-corrected chi connectivity index (χ3v) is 3.01. The average Bonchev–Trinajstić information content (AvgIpc) is 2.49. The molecule has 1 aromatic carbocycles. The molecule has 0 saturated heterocycles. The number of halogens is 3. The van der Waals surface area contributed by atoms with Gasteiger partial charge >= 0.3 is 12.1 Å². The summed E-state index contributed by atoms with van der Waals surface area (Å²) >= 11 is 0. The van der Waals surface area contributed by atoms with Gasteiger partial charge in [0.05, 0.1) is 12.7 Å². The molecular formula is C15H18F3NO4. The van der Waals surface area contributed by atoms with Crippen LogP contribution in [0.5, 0.6) is 5.75 Å². The van der Waals surface area contributed by atoms with Crippen molar-refractivity contribution in [2.75, 3.05) is 20.3 Å². The lowest BCUT2D eigenvalue weighted by molar-refractivity contribution is -0.149. The summed E-state index contributed by atoms with van der Waals surface area (Å²) in [4.78, 5) is 24.6. The summed E-state index contributed by atoms with van der Waals surface area (Å²) in [6.07, 6.45) is -4.43. The molecule has 23 heavy (non-hydrogen) atoms. The minimum Gasteiger partial charge on any atom is -0.484 e. The molecule has 0 spiro atoms. The molecule has 0 saturated carbocycles. The molecule has 0 aromatic heterocycles. The van der Waals surface area contributed by atoms with E-state index >= 15 is 0 Å². The van der Waals surface area contributed by atoms with Gasteiger partial charge in [0.1, 0.15) is 12.3 Å². The van der Waals surface area contributed by atoms with Crippen LogP contribution in [-0.2, 0) is 20.5 Å². The summed E-state index contributed by atoms with van der Waals surface area (Å²) in [6.45, 7) is 2.84. The van der Waals surface area contributed by atoms with Crippen LogP contribution in [0.2, 0.25) is 0 Å². The second-order valence-electron chi connectivity index (χ2n) is 5.00. The maximum atomic E-state index is 12.4. The fourth-order valence-corrected chi connectivity index (χ4v) is 1.73. The quantitative estimate of drug-likeness (QED) is 0.751. The van der Waals surface area contributed by atoms with Gasteiger partial charge in [0.2, 0.25) is 0 Å². The molecular weight excluding hydrogens is 315 g/mol. The van der Waals surface area contributed by atoms with Crippen LogP contribution < -0.4 is 4.74 Å². The molecule has 0 aliphatic rings. The van der Waals surface area contributed by atoms with Crippen LogP contribution in [0.3, 0.4) is 0 Å². The van der Waals surface area contributed by atoms with Crippen molar-refractivity contribution < 1.29 is 32.2 Å². The van der Waals surface area contributed by atoms with Crippen LogP contribution in [0.25, 0.3) is 0 Å². The minimum atomic E-state index is -4.43. The summed E-state index contributed by atoms with van der Waals surface area (Å²) in [5.41, 5.74) is -0.800. The number of carbonyl (C=O) groups is 2. The molecule has 0 fully saturated rings. The Labute approximate surface area is 132 Å². The third kappa shape index (κ3) is 5.80. The highest BCUT2D eigenvalue weighted by molar-refractivity contribution is 5.83. The van der Waals surface area contributed by atoms with E-state index in [1.165, 1.54) is 12.0 Å². The van der Waals surface area contributed by atoms with Crippen LogP contribution in [0.4, 0.5) is 13.2 Å². The number of rotatable bonds is 6. The van der Waals surface area contributed by atoms with E-state index in [0.717, 1.165) is 24.3 Å². The van der Waals surface area contributed by atoms with E-state index in [1.807, 2.05) is 0 Å². The largest absolute Gasteiger partial charge is 0.484 e. The minimum absolute atomic E-state index is 0.133. The molecule has 0 aliphatic carbocycles. The molecule has 0 atom stereocenters. The van der Waals surface area contributed by atoms with Crippen molar-refractivity contribution in [3.05, 3.63) is 29.8 Å². The molecule has 0 N–H and O–H groups in total. The Balaban J connectivity index is 2.65. The van der Waals surface area contributed by atoms with E-state index in [2.05, 4.69) is 4.74 Å². The highest BCUT2D eigenvalue weighted by Crippen LogP contribution is 2.30. The number of nitrogens with zero attached hydrogens (tertiary/aromatic N) is 1. The zero-order chi connectivity index (χ0) is 17.6. The van der Waals surface area contributed by atoms with Crippen LogP contribution in [0.1, 0.15) is 19.4 Å². The normalized spacial score (nSPS) is 11.3. The highest BCUT2D eigenvalue weighted by Gasteiger charge is 2.30. The first kappa shape index (κ1) is 18.8. The molecule has 0 unspecified atom stereocenters. The highest BCUT2D eigenvalue weighted by atomic mass is 19.4. The Morgan fingerprint density at radius 1 is 1.17 bits per heavy atom. The number of methoxy groups -OCH3 is 1. The van der Waals surface area contributed by atoms with Crippen molar-refractivity contribution in [1.29, 1.82) is 0 Å². The van der Waals surface area contributed by atoms with Crippen molar-refractivity contribution in [3.8, 4) is 5.75 Å². The molecule has 128 valence electrons. The van der Waals surface area contributed by atoms with Gasteiger partial charge in [0, 0.05) is 6.04 Å². The van der Waals surface area contributed by atoms with Crippen molar-refractivity contribution in [3.63, 3.8) is 0 Å². The maximum Gasteiger partial charge on any atom is 0.416 e.